The van der Waals surface area contributed by atoms with Crippen LogP contribution >= 0.6 is 0 Å². The van der Waals surface area contributed by atoms with Crippen molar-refractivity contribution in [1.29, 1.82) is 0 Å². The minimum atomic E-state index is 0.810. The molecule has 0 spiro atoms. The third-order valence-corrected chi connectivity index (χ3v) is 3.23. The lowest BCUT2D eigenvalue weighted by atomic mass is 10.0. The first-order valence-electron chi connectivity index (χ1n) is 6.83. The van der Waals surface area contributed by atoms with Gasteiger partial charge < -0.3 is 9.47 Å². The third kappa shape index (κ3) is 3.06. The second-order valence-electron chi connectivity index (χ2n) is 4.64. The SMILES string of the molecule is COc1ccccc1-c1cccc(Oc2ccccc2)c1. The summed E-state index contributed by atoms with van der Waals surface area (Å²) in [5.74, 6) is 2.49. The van der Waals surface area contributed by atoms with Crippen LogP contribution < -0.4 is 9.47 Å². The van der Waals surface area contributed by atoms with Crippen molar-refractivity contribution in [2.45, 2.75) is 0 Å². The Morgan fingerprint density at radius 2 is 1.38 bits per heavy atom. The molecule has 0 aliphatic rings. The monoisotopic (exact) mass is 276 g/mol. The number of hydrogen-bond acceptors (Lipinski definition) is 2. The molecule has 0 N–H and O–H groups in total. The molecule has 3 aromatic rings. The molecule has 2 nitrogen and oxygen atoms in total. The van der Waals surface area contributed by atoms with Crippen LogP contribution in [-0.4, -0.2) is 7.11 Å². The molecule has 0 bridgehead atoms. The van der Waals surface area contributed by atoms with Gasteiger partial charge in [0.25, 0.3) is 0 Å². The van der Waals surface area contributed by atoms with Crippen LogP contribution in [-0.2, 0) is 0 Å². The van der Waals surface area contributed by atoms with Crippen LogP contribution in [0.3, 0.4) is 0 Å². The zero-order valence-corrected chi connectivity index (χ0v) is 11.8. The molecular formula is C19H16O2. The summed E-state index contributed by atoms with van der Waals surface area (Å²) in [4.78, 5) is 0. The highest BCUT2D eigenvalue weighted by atomic mass is 16.5. The van der Waals surface area contributed by atoms with E-state index in [0.29, 0.717) is 0 Å². The van der Waals surface area contributed by atoms with Crippen LogP contribution in [0, 0.1) is 0 Å². The zero-order chi connectivity index (χ0) is 14.5. The van der Waals surface area contributed by atoms with Crippen molar-refractivity contribution in [2.75, 3.05) is 7.11 Å². The van der Waals surface area contributed by atoms with Gasteiger partial charge in [-0.3, -0.25) is 0 Å². The first-order valence-corrected chi connectivity index (χ1v) is 6.83. The molecule has 0 fully saturated rings. The minimum absolute atomic E-state index is 0.810. The summed E-state index contributed by atoms with van der Waals surface area (Å²) in [7, 11) is 1.68. The highest BCUT2D eigenvalue weighted by Crippen LogP contribution is 2.32. The Morgan fingerprint density at radius 1 is 0.667 bits per heavy atom. The Bertz CT molecular complexity index is 720. The number of rotatable bonds is 4. The third-order valence-electron chi connectivity index (χ3n) is 3.23. The van der Waals surface area contributed by atoms with Gasteiger partial charge in [0.15, 0.2) is 0 Å². The molecule has 21 heavy (non-hydrogen) atoms. The van der Waals surface area contributed by atoms with Crippen molar-refractivity contribution >= 4 is 0 Å². The molecule has 3 aromatic carbocycles. The molecule has 0 saturated heterocycles. The maximum atomic E-state index is 5.87. The lowest BCUT2D eigenvalue weighted by Gasteiger charge is -2.10. The highest BCUT2D eigenvalue weighted by molar-refractivity contribution is 5.71. The van der Waals surface area contributed by atoms with Crippen LogP contribution in [0.15, 0.2) is 78.9 Å². The average Bonchev–Trinajstić information content (AvgIpc) is 2.56. The standard InChI is InChI=1S/C19H16O2/c1-20-19-13-6-5-12-18(19)15-8-7-11-17(14-15)21-16-9-3-2-4-10-16/h2-14H,1H3. The van der Waals surface area contributed by atoms with Crippen LogP contribution in [0.4, 0.5) is 0 Å². The smallest absolute Gasteiger partial charge is 0.128 e. The summed E-state index contributed by atoms with van der Waals surface area (Å²) in [6.45, 7) is 0. The first kappa shape index (κ1) is 13.3. The molecule has 0 heterocycles. The summed E-state index contributed by atoms with van der Waals surface area (Å²) < 4.78 is 11.3. The molecule has 0 aliphatic heterocycles. The first-order chi connectivity index (χ1) is 10.4. The van der Waals surface area contributed by atoms with Gasteiger partial charge in [0.1, 0.15) is 17.2 Å². The zero-order valence-electron chi connectivity index (χ0n) is 11.8. The number of methoxy groups -OCH3 is 1. The molecule has 0 radical (unpaired) electrons. The number of ether oxygens (including phenoxy) is 2. The summed E-state index contributed by atoms with van der Waals surface area (Å²) in [6.07, 6.45) is 0. The summed E-state index contributed by atoms with van der Waals surface area (Å²) in [5.41, 5.74) is 2.12. The Morgan fingerprint density at radius 3 is 2.19 bits per heavy atom. The van der Waals surface area contributed by atoms with E-state index in [-0.39, 0.29) is 0 Å². The number of para-hydroxylation sites is 2. The van der Waals surface area contributed by atoms with Gasteiger partial charge in [-0.1, -0.05) is 48.5 Å². The van der Waals surface area contributed by atoms with Gasteiger partial charge in [0.05, 0.1) is 7.11 Å². The van der Waals surface area contributed by atoms with E-state index in [0.717, 1.165) is 28.4 Å². The number of benzene rings is 3. The van der Waals surface area contributed by atoms with Crippen molar-refractivity contribution in [3.63, 3.8) is 0 Å². The van der Waals surface area contributed by atoms with Crippen LogP contribution in [0.25, 0.3) is 11.1 Å². The predicted molar refractivity (Wildman–Crippen MR) is 84.9 cm³/mol. The normalized spacial score (nSPS) is 10.1. The molecule has 0 aliphatic carbocycles. The van der Waals surface area contributed by atoms with Gasteiger partial charge in [-0.05, 0) is 35.9 Å². The quantitative estimate of drug-likeness (QED) is 0.655. The summed E-state index contributed by atoms with van der Waals surface area (Å²) in [5, 5.41) is 0. The van der Waals surface area contributed by atoms with E-state index in [1.54, 1.807) is 7.11 Å². The van der Waals surface area contributed by atoms with Crippen molar-refractivity contribution in [3.05, 3.63) is 78.9 Å². The lowest BCUT2D eigenvalue weighted by molar-refractivity contribution is 0.416. The van der Waals surface area contributed by atoms with Crippen molar-refractivity contribution in [1.82, 2.24) is 0 Å². The fourth-order valence-electron chi connectivity index (χ4n) is 2.23. The highest BCUT2D eigenvalue weighted by Gasteiger charge is 2.06. The average molecular weight is 276 g/mol. The Hall–Kier alpha value is -2.74. The Kier molecular flexibility index (Phi) is 3.88. The number of hydrogen-bond donors (Lipinski definition) is 0. The second kappa shape index (κ2) is 6.14. The summed E-state index contributed by atoms with van der Waals surface area (Å²) in [6, 6.07) is 25.7. The lowest BCUT2D eigenvalue weighted by Crippen LogP contribution is -1.88. The topological polar surface area (TPSA) is 18.5 Å². The molecule has 0 atom stereocenters. The Labute approximate surface area is 124 Å². The summed E-state index contributed by atoms with van der Waals surface area (Å²) >= 11 is 0. The van der Waals surface area contributed by atoms with Gasteiger partial charge in [0.2, 0.25) is 0 Å². The van der Waals surface area contributed by atoms with Crippen LogP contribution in [0.5, 0.6) is 17.2 Å². The molecule has 0 aromatic heterocycles. The van der Waals surface area contributed by atoms with Crippen molar-refractivity contribution in [3.8, 4) is 28.4 Å². The fraction of sp³-hybridized carbons (Fsp3) is 0.0526. The molecule has 0 amide bonds. The van der Waals surface area contributed by atoms with Crippen LogP contribution in [0.1, 0.15) is 0 Å². The van der Waals surface area contributed by atoms with Gasteiger partial charge >= 0.3 is 0 Å². The largest absolute Gasteiger partial charge is 0.496 e. The van der Waals surface area contributed by atoms with Gasteiger partial charge in [-0.25, -0.2) is 0 Å². The van der Waals surface area contributed by atoms with E-state index < -0.39 is 0 Å². The van der Waals surface area contributed by atoms with E-state index in [4.69, 9.17) is 9.47 Å². The van der Waals surface area contributed by atoms with Gasteiger partial charge in [-0.2, -0.15) is 0 Å². The van der Waals surface area contributed by atoms with Gasteiger partial charge in [0, 0.05) is 5.56 Å². The fourth-order valence-corrected chi connectivity index (χ4v) is 2.23. The van der Waals surface area contributed by atoms with E-state index >= 15 is 0 Å². The van der Waals surface area contributed by atoms with E-state index in [1.165, 1.54) is 0 Å². The molecule has 0 saturated carbocycles. The molecule has 104 valence electrons. The minimum Gasteiger partial charge on any atom is -0.496 e. The van der Waals surface area contributed by atoms with Crippen molar-refractivity contribution in [2.24, 2.45) is 0 Å². The molecule has 2 heteroatoms. The molecular weight excluding hydrogens is 260 g/mol. The van der Waals surface area contributed by atoms with E-state index in [2.05, 4.69) is 6.07 Å². The van der Waals surface area contributed by atoms with Crippen molar-refractivity contribution < 1.29 is 9.47 Å². The van der Waals surface area contributed by atoms with Crippen LogP contribution in [0.2, 0.25) is 0 Å². The molecule has 3 rings (SSSR count). The predicted octanol–water partition coefficient (Wildman–Crippen LogP) is 5.15. The van der Waals surface area contributed by atoms with Gasteiger partial charge in [-0.15, -0.1) is 0 Å². The molecule has 0 unspecified atom stereocenters. The maximum Gasteiger partial charge on any atom is 0.128 e. The maximum absolute atomic E-state index is 5.87. The van der Waals surface area contributed by atoms with E-state index in [9.17, 15) is 0 Å². The Balaban J connectivity index is 1.93. The second-order valence-corrected chi connectivity index (χ2v) is 4.64. The van der Waals surface area contributed by atoms with E-state index in [1.807, 2.05) is 72.8 Å².